The lowest BCUT2D eigenvalue weighted by Crippen LogP contribution is -2.77. The molecular weight excluding hydrogens is 310 g/mol. The second kappa shape index (κ2) is 8.48. The maximum absolute atomic E-state index is 4.45. The van der Waals surface area contributed by atoms with E-state index in [9.17, 15) is 0 Å². The third kappa shape index (κ3) is 3.57. The molecule has 0 aromatic rings. The Labute approximate surface area is 148 Å². The Morgan fingerprint density at radius 3 is 1.74 bits per heavy atom. The number of allylic oxidation sites excluding steroid dienone is 2. The van der Waals surface area contributed by atoms with Crippen molar-refractivity contribution >= 4 is 15.3 Å². The van der Waals surface area contributed by atoms with Gasteiger partial charge in [0.15, 0.2) is 0 Å². The highest BCUT2D eigenvalue weighted by Crippen LogP contribution is 2.50. The van der Waals surface area contributed by atoms with Crippen LogP contribution in [0.3, 0.4) is 0 Å². The fourth-order valence-corrected chi connectivity index (χ4v) is 31.9. The minimum atomic E-state index is -1.66. The first-order valence-corrected chi connectivity index (χ1v) is 15.6. The molecule has 136 valence electrons. The molecule has 1 aliphatic rings. The summed E-state index contributed by atoms with van der Waals surface area (Å²) in [7, 11) is -3.16. The van der Waals surface area contributed by atoms with Crippen molar-refractivity contribution in [2.45, 2.75) is 117 Å². The summed E-state index contributed by atoms with van der Waals surface area (Å²) in [6.45, 7) is 22.5. The maximum Gasteiger partial charge on any atom is 0.142 e. The zero-order valence-corrected chi connectivity index (χ0v) is 19.4. The second-order valence-corrected chi connectivity index (χ2v) is 22.8. The molecule has 0 aromatic carbocycles. The first kappa shape index (κ1) is 21.2. The summed E-state index contributed by atoms with van der Waals surface area (Å²) in [5, 5.41) is 1.75. The number of rotatable bonds is 8. The molecule has 0 amide bonds. The molecule has 23 heavy (non-hydrogen) atoms. The smallest absolute Gasteiger partial charge is 0.142 e. The summed E-state index contributed by atoms with van der Waals surface area (Å²) in [6.07, 6.45) is 8.14. The topological polar surface area (TPSA) is 12.0 Å². The summed E-state index contributed by atoms with van der Waals surface area (Å²) in [4.78, 5) is 4.45. The van der Waals surface area contributed by atoms with Gasteiger partial charge in [-0.2, -0.15) is 0 Å². The Morgan fingerprint density at radius 2 is 1.43 bits per heavy atom. The van der Waals surface area contributed by atoms with E-state index in [1.807, 2.05) is 0 Å². The molecule has 1 unspecified atom stereocenters. The lowest BCUT2D eigenvalue weighted by atomic mass is 10.3. The Balaban J connectivity index is 3.54. The van der Waals surface area contributed by atoms with Crippen LogP contribution in [0.5, 0.6) is 0 Å². The van der Waals surface area contributed by atoms with Gasteiger partial charge in [-0.1, -0.05) is 89.2 Å². The normalized spacial score (nSPS) is 20.8. The van der Waals surface area contributed by atoms with Crippen LogP contribution in [0.1, 0.15) is 88.0 Å². The van der Waals surface area contributed by atoms with Crippen molar-refractivity contribution in [1.29, 1.82) is 0 Å². The summed E-state index contributed by atoms with van der Waals surface area (Å²) in [5.74, 6) is 0. The predicted octanol–water partition coefficient (Wildman–Crippen LogP) is 6.75. The average molecular weight is 354 g/mol. The van der Waals surface area contributed by atoms with Crippen LogP contribution in [-0.2, 0) is 0 Å². The second-order valence-electron chi connectivity index (χ2n) is 8.75. The van der Waals surface area contributed by atoms with Gasteiger partial charge in [0.2, 0.25) is 0 Å². The van der Waals surface area contributed by atoms with Crippen LogP contribution < -0.4 is 4.98 Å². The molecule has 1 aliphatic carbocycles. The van der Waals surface area contributed by atoms with E-state index in [4.69, 9.17) is 0 Å². The van der Waals surface area contributed by atoms with Gasteiger partial charge >= 0.3 is 0 Å². The van der Waals surface area contributed by atoms with Gasteiger partial charge in [-0.05, 0) is 32.7 Å². The number of hydrogen-bond donors (Lipinski definition) is 1. The quantitative estimate of drug-likeness (QED) is 0.476. The average Bonchev–Trinajstić information content (AvgIpc) is 2.97. The van der Waals surface area contributed by atoms with Crippen LogP contribution in [0.4, 0.5) is 0 Å². The van der Waals surface area contributed by atoms with Gasteiger partial charge in [-0.3, -0.25) is 0 Å². The molecule has 0 aromatic heterocycles. The first-order chi connectivity index (χ1) is 10.7. The molecule has 1 rings (SSSR count). The Bertz CT molecular complexity index is 373. The van der Waals surface area contributed by atoms with Crippen LogP contribution in [0.15, 0.2) is 11.3 Å². The van der Waals surface area contributed by atoms with E-state index < -0.39 is 15.3 Å². The van der Waals surface area contributed by atoms with E-state index in [0.717, 1.165) is 22.7 Å². The predicted molar refractivity (Wildman–Crippen MR) is 112 cm³/mol. The van der Waals surface area contributed by atoms with Gasteiger partial charge in [-0.25, -0.2) is 0 Å². The number of hydrogen-bond acceptors (Lipinski definition) is 1. The molecule has 0 bridgehead atoms. The van der Waals surface area contributed by atoms with E-state index in [-0.39, 0.29) is 0 Å². The number of nitrogens with one attached hydrogen (secondary N) is 1. The summed E-state index contributed by atoms with van der Waals surface area (Å²) in [6, 6.07) is 2.17. The lowest BCUT2D eigenvalue weighted by molar-refractivity contribution is 0.629. The molecular formula is C20H43NSi2. The van der Waals surface area contributed by atoms with Crippen molar-refractivity contribution in [2.24, 2.45) is 0 Å². The zero-order chi connectivity index (χ0) is 17.8. The lowest BCUT2D eigenvalue weighted by Gasteiger charge is -2.57. The van der Waals surface area contributed by atoms with Crippen LogP contribution >= 0.6 is 0 Å². The van der Waals surface area contributed by atoms with Gasteiger partial charge in [-0.15, -0.1) is 0 Å². The van der Waals surface area contributed by atoms with Crippen LogP contribution in [-0.4, -0.2) is 21.4 Å². The molecule has 1 nitrogen and oxygen atoms in total. The molecule has 3 heteroatoms. The third-order valence-electron chi connectivity index (χ3n) is 7.05. The Morgan fingerprint density at radius 1 is 1.00 bits per heavy atom. The minimum absolute atomic E-state index is 0.791. The monoisotopic (exact) mass is 353 g/mol. The SMILES string of the molecule is C/C=C(\C)[Si](CC)(NC1CCCC1)[Si](C(C)C)(C(C)C)C(C)C. The van der Waals surface area contributed by atoms with E-state index >= 15 is 0 Å². The van der Waals surface area contributed by atoms with Gasteiger partial charge < -0.3 is 4.98 Å². The fourth-order valence-electron chi connectivity index (χ4n) is 6.41. The summed E-state index contributed by atoms with van der Waals surface area (Å²) in [5.41, 5.74) is 2.54. The highest BCUT2D eigenvalue weighted by molar-refractivity contribution is 7.45. The summed E-state index contributed by atoms with van der Waals surface area (Å²) >= 11 is 0. The van der Waals surface area contributed by atoms with Crippen molar-refractivity contribution in [3.8, 4) is 0 Å². The fraction of sp³-hybridized carbons (Fsp3) is 0.900. The van der Waals surface area contributed by atoms with Crippen molar-refractivity contribution in [3.05, 3.63) is 11.3 Å². The zero-order valence-electron chi connectivity index (χ0n) is 17.4. The van der Waals surface area contributed by atoms with Gasteiger partial charge in [0.25, 0.3) is 0 Å². The van der Waals surface area contributed by atoms with Crippen molar-refractivity contribution in [3.63, 3.8) is 0 Å². The van der Waals surface area contributed by atoms with Crippen molar-refractivity contribution in [2.75, 3.05) is 0 Å². The highest BCUT2D eigenvalue weighted by atomic mass is 29.3. The van der Waals surface area contributed by atoms with E-state index in [2.05, 4.69) is 73.4 Å². The van der Waals surface area contributed by atoms with E-state index in [1.165, 1.54) is 31.7 Å². The standard InChI is InChI=1S/C20H43NSi2/c1-10-19(9)22(11-2,21-20-14-12-13-15-20)23(16(3)4,17(5)6)18(7)8/h10,16-18,20-21H,11-15H2,1-9H3/b19-10+. The molecule has 1 N–H and O–H groups in total. The molecule has 0 saturated heterocycles. The minimum Gasteiger partial charge on any atom is -0.333 e. The van der Waals surface area contributed by atoms with Gasteiger partial charge in [0, 0.05) is 6.04 Å². The maximum atomic E-state index is 4.45. The largest absolute Gasteiger partial charge is 0.333 e. The van der Waals surface area contributed by atoms with E-state index in [1.54, 1.807) is 5.20 Å². The van der Waals surface area contributed by atoms with E-state index in [0.29, 0.717) is 0 Å². The molecule has 0 heterocycles. The Hall–Kier alpha value is 0.134. The van der Waals surface area contributed by atoms with Crippen LogP contribution in [0, 0.1) is 0 Å². The molecule has 1 fully saturated rings. The van der Waals surface area contributed by atoms with Crippen LogP contribution in [0.25, 0.3) is 0 Å². The molecule has 0 radical (unpaired) electrons. The van der Waals surface area contributed by atoms with Gasteiger partial charge in [0.1, 0.15) is 7.75 Å². The van der Waals surface area contributed by atoms with Crippen molar-refractivity contribution < 1.29 is 0 Å². The Kier molecular flexibility index (Phi) is 7.81. The highest BCUT2D eigenvalue weighted by Gasteiger charge is 2.60. The molecule has 1 atom stereocenters. The molecule has 0 aliphatic heterocycles. The van der Waals surface area contributed by atoms with Gasteiger partial charge in [0.05, 0.1) is 7.59 Å². The van der Waals surface area contributed by atoms with Crippen LogP contribution in [0.2, 0.25) is 22.7 Å². The first-order valence-electron chi connectivity index (χ1n) is 10.1. The molecule has 1 saturated carbocycles. The molecule has 0 spiro atoms. The summed E-state index contributed by atoms with van der Waals surface area (Å²) < 4.78 is 0. The van der Waals surface area contributed by atoms with Crippen molar-refractivity contribution in [1.82, 2.24) is 4.98 Å². The third-order valence-corrected chi connectivity index (χ3v) is 30.2.